The highest BCUT2D eigenvalue weighted by Gasteiger charge is 2.39. The molecule has 9 nitrogen and oxygen atoms in total. The highest BCUT2D eigenvalue weighted by Crippen LogP contribution is 2.31. The van der Waals surface area contributed by atoms with Crippen molar-refractivity contribution in [1.82, 2.24) is 19.7 Å². The zero-order valence-electron chi connectivity index (χ0n) is 17.2. The number of benzene rings is 1. The average Bonchev–Trinajstić information content (AvgIpc) is 3.44. The first-order valence-corrected chi connectivity index (χ1v) is 11.6. The van der Waals surface area contributed by atoms with Crippen LogP contribution in [0.25, 0.3) is 11.0 Å². The second kappa shape index (κ2) is 7.16. The molecule has 0 spiro atoms. The molecule has 0 unspecified atom stereocenters. The highest BCUT2D eigenvalue weighted by molar-refractivity contribution is 7.90. The Labute approximate surface area is 179 Å². The molecule has 0 radical (unpaired) electrons. The first kappa shape index (κ1) is 19.7. The van der Waals surface area contributed by atoms with Crippen LogP contribution in [0.3, 0.4) is 0 Å². The smallest absolute Gasteiger partial charge is 0.285 e. The van der Waals surface area contributed by atoms with Gasteiger partial charge in [0.15, 0.2) is 11.5 Å². The Morgan fingerprint density at radius 3 is 2.84 bits per heavy atom. The molecular weight excluding hydrogens is 416 g/mol. The van der Waals surface area contributed by atoms with E-state index in [-0.39, 0.29) is 16.8 Å². The number of rotatable bonds is 3. The normalized spacial score (nSPS) is 19.6. The van der Waals surface area contributed by atoms with Crippen molar-refractivity contribution in [3.63, 3.8) is 0 Å². The Kier molecular flexibility index (Phi) is 4.54. The Morgan fingerprint density at radius 2 is 2.03 bits per heavy atom. The molecule has 1 atom stereocenters. The van der Waals surface area contributed by atoms with Crippen LogP contribution in [0, 0.1) is 0 Å². The summed E-state index contributed by atoms with van der Waals surface area (Å²) in [5.41, 5.74) is 1.89. The van der Waals surface area contributed by atoms with Gasteiger partial charge in [0.1, 0.15) is 10.9 Å². The second-order valence-corrected chi connectivity index (χ2v) is 9.62. The summed E-state index contributed by atoms with van der Waals surface area (Å²) in [7, 11) is -3.73. The van der Waals surface area contributed by atoms with E-state index in [9.17, 15) is 13.2 Å². The number of anilines is 1. The van der Waals surface area contributed by atoms with E-state index in [1.165, 1.54) is 0 Å². The number of hydrogen-bond donors (Lipinski definition) is 1. The molecule has 4 heterocycles. The largest absolute Gasteiger partial charge is 0.343 e. The number of carbonyl (C=O) groups is 1. The number of carbonyl (C=O) groups excluding carboxylic acids is 1. The number of likely N-dealkylation sites (tertiary alicyclic amines) is 1. The van der Waals surface area contributed by atoms with E-state index in [0.717, 1.165) is 17.5 Å². The van der Waals surface area contributed by atoms with Crippen LogP contribution in [0.15, 0.2) is 52.0 Å². The van der Waals surface area contributed by atoms with E-state index in [1.807, 2.05) is 24.6 Å². The first-order chi connectivity index (χ1) is 14.8. The Morgan fingerprint density at radius 1 is 1.23 bits per heavy atom. The predicted octanol–water partition coefficient (Wildman–Crippen LogP) is 2.56. The maximum atomic E-state index is 13.1. The number of sulfonamides is 1. The third-order valence-electron chi connectivity index (χ3n) is 5.63. The number of amides is 1. The van der Waals surface area contributed by atoms with Crippen LogP contribution in [0.5, 0.6) is 0 Å². The van der Waals surface area contributed by atoms with Gasteiger partial charge in [-0.1, -0.05) is 12.1 Å². The molecule has 5 rings (SSSR count). The fourth-order valence-electron chi connectivity index (χ4n) is 4.20. The van der Waals surface area contributed by atoms with Crippen molar-refractivity contribution >= 4 is 38.5 Å². The maximum absolute atomic E-state index is 13.1. The zero-order valence-corrected chi connectivity index (χ0v) is 18.0. The van der Waals surface area contributed by atoms with E-state index in [1.54, 1.807) is 41.6 Å². The van der Waals surface area contributed by atoms with Gasteiger partial charge < -0.3 is 10.2 Å². The molecule has 1 aromatic carbocycles. The SMILES string of the molecule is CC(C)n1ncc2cc(NC(=O)[C@@H]3CCCN3C3=NS(=O)(=O)c4ccccc43)cnc21. The fraction of sp³-hybridized carbons (Fsp3) is 0.333. The number of nitrogens with one attached hydrogen (secondary N) is 1. The summed E-state index contributed by atoms with van der Waals surface area (Å²) in [6, 6.07) is 8.25. The molecule has 0 bridgehead atoms. The molecule has 1 amide bonds. The van der Waals surface area contributed by atoms with Gasteiger partial charge in [-0.25, -0.2) is 9.67 Å². The first-order valence-electron chi connectivity index (χ1n) is 10.2. The maximum Gasteiger partial charge on any atom is 0.285 e. The van der Waals surface area contributed by atoms with Crippen molar-refractivity contribution in [2.45, 2.75) is 43.7 Å². The van der Waals surface area contributed by atoms with Crippen LogP contribution in [0.2, 0.25) is 0 Å². The van der Waals surface area contributed by atoms with Crippen molar-refractivity contribution in [3.8, 4) is 0 Å². The Bertz CT molecular complexity index is 1330. The minimum atomic E-state index is -3.73. The van der Waals surface area contributed by atoms with Crippen molar-refractivity contribution < 1.29 is 13.2 Å². The Hall–Kier alpha value is -3.27. The molecular formula is C21H22N6O3S. The standard InChI is InChI=1S/C21H22N6O3S/c1-13(2)27-19-14(11-23-27)10-15(12-22-19)24-21(28)17-7-5-9-26(17)20-16-6-3-4-8-18(16)31(29,30)25-20/h3-4,6,8,10-13,17H,5,7,9H2,1-2H3,(H,24,28)/t17-/m0/s1. The van der Waals surface area contributed by atoms with Gasteiger partial charge in [-0.05, 0) is 44.9 Å². The molecule has 1 fully saturated rings. The lowest BCUT2D eigenvalue weighted by atomic mass is 10.1. The molecule has 160 valence electrons. The summed E-state index contributed by atoms with van der Waals surface area (Å²) in [6.07, 6.45) is 4.74. The molecule has 2 aliphatic rings. The van der Waals surface area contributed by atoms with Gasteiger partial charge in [0.05, 0.1) is 18.1 Å². The van der Waals surface area contributed by atoms with Crippen LogP contribution < -0.4 is 5.32 Å². The molecule has 31 heavy (non-hydrogen) atoms. The van der Waals surface area contributed by atoms with Gasteiger partial charge >= 0.3 is 0 Å². The second-order valence-electron chi connectivity index (χ2n) is 8.05. The van der Waals surface area contributed by atoms with Gasteiger partial charge in [0, 0.05) is 23.5 Å². The molecule has 2 aromatic heterocycles. The van der Waals surface area contributed by atoms with Gasteiger partial charge in [0.2, 0.25) is 5.91 Å². The number of aromatic nitrogens is 3. The lowest BCUT2D eigenvalue weighted by Crippen LogP contribution is -2.43. The molecule has 1 saturated heterocycles. The molecule has 10 heteroatoms. The summed E-state index contributed by atoms with van der Waals surface area (Å²) in [4.78, 5) is 19.5. The average molecular weight is 439 g/mol. The fourth-order valence-corrected chi connectivity index (χ4v) is 5.42. The van der Waals surface area contributed by atoms with Gasteiger partial charge in [-0.3, -0.25) is 4.79 Å². The van der Waals surface area contributed by atoms with Crippen molar-refractivity contribution in [2.24, 2.45) is 4.40 Å². The zero-order chi connectivity index (χ0) is 21.8. The van der Waals surface area contributed by atoms with Crippen LogP contribution in [-0.2, 0) is 14.8 Å². The van der Waals surface area contributed by atoms with Crippen molar-refractivity contribution in [1.29, 1.82) is 0 Å². The van der Waals surface area contributed by atoms with Crippen LogP contribution in [-0.4, -0.2) is 52.4 Å². The van der Waals surface area contributed by atoms with Crippen LogP contribution in [0.1, 0.15) is 38.3 Å². The lowest BCUT2D eigenvalue weighted by Gasteiger charge is -2.25. The van der Waals surface area contributed by atoms with E-state index >= 15 is 0 Å². The minimum Gasteiger partial charge on any atom is -0.343 e. The molecule has 0 aliphatic carbocycles. The Balaban J connectivity index is 1.41. The molecule has 1 N–H and O–H groups in total. The summed E-state index contributed by atoms with van der Waals surface area (Å²) in [6.45, 7) is 4.63. The third kappa shape index (κ3) is 3.27. The number of nitrogens with zero attached hydrogens (tertiary/aromatic N) is 5. The summed E-state index contributed by atoms with van der Waals surface area (Å²) in [5.74, 6) is 0.138. The minimum absolute atomic E-state index is 0.184. The molecule has 3 aromatic rings. The molecule has 0 saturated carbocycles. The highest BCUT2D eigenvalue weighted by atomic mass is 32.2. The summed E-state index contributed by atoms with van der Waals surface area (Å²) >= 11 is 0. The topological polar surface area (TPSA) is 110 Å². The van der Waals surface area contributed by atoms with E-state index in [4.69, 9.17) is 0 Å². The van der Waals surface area contributed by atoms with E-state index in [0.29, 0.717) is 30.1 Å². The van der Waals surface area contributed by atoms with E-state index < -0.39 is 16.1 Å². The summed E-state index contributed by atoms with van der Waals surface area (Å²) < 4.78 is 30.7. The molecule has 2 aliphatic heterocycles. The lowest BCUT2D eigenvalue weighted by molar-refractivity contribution is -0.119. The van der Waals surface area contributed by atoms with Crippen LogP contribution >= 0.6 is 0 Å². The monoisotopic (exact) mass is 438 g/mol. The third-order valence-corrected chi connectivity index (χ3v) is 6.96. The van der Waals surface area contributed by atoms with Crippen LogP contribution in [0.4, 0.5) is 5.69 Å². The summed E-state index contributed by atoms with van der Waals surface area (Å²) in [5, 5.41) is 8.12. The van der Waals surface area contributed by atoms with E-state index in [2.05, 4.69) is 19.8 Å². The number of fused-ring (bicyclic) bond motifs is 2. The van der Waals surface area contributed by atoms with Crippen molar-refractivity contribution in [2.75, 3.05) is 11.9 Å². The predicted molar refractivity (Wildman–Crippen MR) is 116 cm³/mol. The van der Waals surface area contributed by atoms with Gasteiger partial charge in [-0.15, -0.1) is 4.40 Å². The quantitative estimate of drug-likeness (QED) is 0.673. The van der Waals surface area contributed by atoms with Gasteiger partial charge in [0.25, 0.3) is 10.0 Å². The van der Waals surface area contributed by atoms with Crippen molar-refractivity contribution in [3.05, 3.63) is 48.3 Å². The number of hydrogen-bond acceptors (Lipinski definition) is 6. The number of pyridine rings is 1. The van der Waals surface area contributed by atoms with Gasteiger partial charge in [-0.2, -0.15) is 13.5 Å². The number of amidine groups is 1.